The highest BCUT2D eigenvalue weighted by molar-refractivity contribution is 6.28. The second-order valence-electron chi connectivity index (χ2n) is 5.31. The summed E-state index contributed by atoms with van der Waals surface area (Å²) in [6.45, 7) is 4.36. The van der Waals surface area contributed by atoms with Crippen LogP contribution in [0, 0.1) is 0 Å². The summed E-state index contributed by atoms with van der Waals surface area (Å²) in [7, 11) is 6.17. The molecule has 134 valence electrons. The van der Waals surface area contributed by atoms with Crippen LogP contribution in [0.4, 0.5) is 0 Å². The number of aliphatic imine (C=N–C) groups is 2. The molecule has 0 radical (unpaired) electrons. The van der Waals surface area contributed by atoms with Crippen molar-refractivity contribution >= 4 is 17.6 Å². The van der Waals surface area contributed by atoms with Crippen LogP contribution in [0.1, 0.15) is 5.56 Å². The maximum absolute atomic E-state index is 12.0. The Morgan fingerprint density at radius 2 is 1.84 bits per heavy atom. The van der Waals surface area contributed by atoms with Crippen LogP contribution in [0.3, 0.4) is 0 Å². The van der Waals surface area contributed by atoms with Gasteiger partial charge < -0.3 is 24.8 Å². The molecule has 1 fully saturated rings. The van der Waals surface area contributed by atoms with Gasteiger partial charge in [0.15, 0.2) is 17.3 Å². The minimum atomic E-state index is -0.102. The van der Waals surface area contributed by atoms with Gasteiger partial charge in [0.1, 0.15) is 5.84 Å². The summed E-state index contributed by atoms with van der Waals surface area (Å²) in [6.07, 6.45) is 0. The Hall–Kier alpha value is -3.03. The molecular formula is C17H22N4O4. The fourth-order valence-electron chi connectivity index (χ4n) is 2.53. The van der Waals surface area contributed by atoms with Gasteiger partial charge in [-0.15, -0.1) is 0 Å². The number of hydrogen-bond donors (Lipinski definition) is 1. The number of Topliss-reactive ketones (excluding diaryl/α,β-unsaturated/α-hetero) is 1. The molecule has 1 aliphatic heterocycles. The quantitative estimate of drug-likeness (QED) is 0.485. The van der Waals surface area contributed by atoms with Crippen LogP contribution in [0.5, 0.6) is 17.2 Å². The molecule has 1 heterocycles. The van der Waals surface area contributed by atoms with Crippen LogP contribution in [-0.4, -0.2) is 57.4 Å². The van der Waals surface area contributed by atoms with Crippen molar-refractivity contribution in [2.45, 2.75) is 6.54 Å². The fraction of sp³-hybridized carbons (Fsp3) is 0.353. The largest absolute Gasteiger partial charge is 0.493 e. The third kappa shape index (κ3) is 3.73. The molecule has 0 spiro atoms. The van der Waals surface area contributed by atoms with Gasteiger partial charge in [-0.2, -0.15) is 4.99 Å². The number of amidine groups is 1. The molecule has 1 aliphatic rings. The number of rotatable bonds is 5. The van der Waals surface area contributed by atoms with Crippen LogP contribution in [0.2, 0.25) is 0 Å². The SMILES string of the molecule is C=C1C(=O)CN(Cc2cc(OC)c(OC)c(OC)c2)/C1=N/C(N)=N\C. The van der Waals surface area contributed by atoms with E-state index in [0.29, 0.717) is 35.2 Å². The highest BCUT2D eigenvalue weighted by atomic mass is 16.5. The maximum Gasteiger partial charge on any atom is 0.217 e. The molecule has 0 atom stereocenters. The monoisotopic (exact) mass is 346 g/mol. The van der Waals surface area contributed by atoms with E-state index in [2.05, 4.69) is 16.6 Å². The number of benzene rings is 1. The van der Waals surface area contributed by atoms with Gasteiger partial charge >= 0.3 is 0 Å². The lowest BCUT2D eigenvalue weighted by atomic mass is 10.1. The molecule has 0 aromatic heterocycles. The fourth-order valence-corrected chi connectivity index (χ4v) is 2.53. The Morgan fingerprint density at radius 3 is 2.32 bits per heavy atom. The Morgan fingerprint density at radius 1 is 1.24 bits per heavy atom. The molecule has 0 aliphatic carbocycles. The first-order valence-corrected chi connectivity index (χ1v) is 7.52. The molecule has 1 aromatic carbocycles. The van der Waals surface area contributed by atoms with Crippen molar-refractivity contribution in [3.63, 3.8) is 0 Å². The molecule has 0 amide bonds. The molecule has 2 N–H and O–H groups in total. The Kier molecular flexibility index (Phi) is 5.63. The smallest absolute Gasteiger partial charge is 0.217 e. The van der Waals surface area contributed by atoms with Crippen molar-refractivity contribution in [2.75, 3.05) is 34.9 Å². The number of hydrogen-bond acceptors (Lipinski definition) is 5. The van der Waals surface area contributed by atoms with Gasteiger partial charge in [-0.05, 0) is 17.7 Å². The van der Waals surface area contributed by atoms with Crippen molar-refractivity contribution in [1.82, 2.24) is 4.90 Å². The molecule has 1 aromatic rings. The van der Waals surface area contributed by atoms with E-state index in [9.17, 15) is 4.79 Å². The zero-order chi connectivity index (χ0) is 18.6. The van der Waals surface area contributed by atoms with E-state index in [1.807, 2.05) is 12.1 Å². The molecule has 1 saturated heterocycles. The molecule has 0 saturated carbocycles. The van der Waals surface area contributed by atoms with E-state index < -0.39 is 0 Å². The highest BCUT2D eigenvalue weighted by Crippen LogP contribution is 2.38. The highest BCUT2D eigenvalue weighted by Gasteiger charge is 2.30. The number of ketones is 1. The zero-order valence-corrected chi connectivity index (χ0v) is 14.8. The van der Waals surface area contributed by atoms with Crippen molar-refractivity contribution in [2.24, 2.45) is 15.7 Å². The van der Waals surface area contributed by atoms with Crippen molar-refractivity contribution in [3.8, 4) is 17.2 Å². The van der Waals surface area contributed by atoms with Crippen LogP contribution in [0.15, 0.2) is 34.3 Å². The first kappa shape index (κ1) is 18.3. The van der Waals surface area contributed by atoms with Crippen LogP contribution in [0.25, 0.3) is 0 Å². The predicted octanol–water partition coefficient (Wildman–Crippen LogP) is 0.996. The predicted molar refractivity (Wildman–Crippen MR) is 95.6 cm³/mol. The van der Waals surface area contributed by atoms with Crippen molar-refractivity contribution < 1.29 is 19.0 Å². The number of guanidine groups is 1. The average molecular weight is 346 g/mol. The molecule has 8 heteroatoms. The Bertz CT molecular complexity index is 730. The number of methoxy groups -OCH3 is 3. The number of ether oxygens (including phenoxy) is 3. The molecule has 0 bridgehead atoms. The van der Waals surface area contributed by atoms with Gasteiger partial charge in [-0.25, -0.2) is 0 Å². The van der Waals surface area contributed by atoms with Crippen molar-refractivity contribution in [3.05, 3.63) is 29.8 Å². The average Bonchev–Trinajstić information content (AvgIpc) is 2.87. The first-order chi connectivity index (χ1) is 11.9. The van der Waals surface area contributed by atoms with E-state index in [1.165, 1.54) is 7.05 Å². The summed E-state index contributed by atoms with van der Waals surface area (Å²) in [6, 6.07) is 3.64. The van der Waals surface area contributed by atoms with Gasteiger partial charge in [-0.1, -0.05) is 6.58 Å². The Balaban J connectivity index is 2.39. The van der Waals surface area contributed by atoms with E-state index in [0.717, 1.165) is 5.56 Å². The number of carbonyl (C=O) groups excluding carboxylic acids is 1. The topological polar surface area (TPSA) is 98.7 Å². The third-order valence-electron chi connectivity index (χ3n) is 3.79. The first-order valence-electron chi connectivity index (χ1n) is 7.52. The summed E-state index contributed by atoms with van der Waals surface area (Å²) in [5.74, 6) is 1.98. The zero-order valence-electron chi connectivity index (χ0n) is 14.8. The van der Waals surface area contributed by atoms with Gasteiger partial charge in [-0.3, -0.25) is 9.79 Å². The minimum absolute atomic E-state index is 0.0840. The van der Waals surface area contributed by atoms with E-state index in [4.69, 9.17) is 19.9 Å². The second kappa shape index (κ2) is 7.69. The van der Waals surface area contributed by atoms with Crippen LogP contribution >= 0.6 is 0 Å². The van der Waals surface area contributed by atoms with E-state index in [1.54, 1.807) is 26.2 Å². The van der Waals surface area contributed by atoms with Gasteiger partial charge in [0, 0.05) is 13.6 Å². The minimum Gasteiger partial charge on any atom is -0.493 e. The van der Waals surface area contributed by atoms with Crippen molar-refractivity contribution in [1.29, 1.82) is 0 Å². The summed E-state index contributed by atoms with van der Waals surface area (Å²) in [5, 5.41) is 0. The summed E-state index contributed by atoms with van der Waals surface area (Å²) >= 11 is 0. The number of nitrogens with two attached hydrogens (primary N) is 1. The molecule has 8 nitrogen and oxygen atoms in total. The normalized spacial score (nSPS) is 16.6. The summed E-state index contributed by atoms with van der Waals surface area (Å²) < 4.78 is 16.0. The molecular weight excluding hydrogens is 324 g/mol. The van der Waals surface area contributed by atoms with Gasteiger partial charge in [0.05, 0.1) is 33.4 Å². The summed E-state index contributed by atoms with van der Waals surface area (Å²) in [5.41, 5.74) is 6.85. The summed E-state index contributed by atoms with van der Waals surface area (Å²) in [4.78, 5) is 21.8. The number of likely N-dealkylation sites (tertiary alicyclic amines) is 1. The van der Waals surface area contributed by atoms with E-state index in [-0.39, 0.29) is 18.3 Å². The van der Waals surface area contributed by atoms with Gasteiger partial charge in [0.2, 0.25) is 11.7 Å². The number of carbonyl (C=O) groups is 1. The van der Waals surface area contributed by atoms with E-state index >= 15 is 0 Å². The number of nitrogens with zero attached hydrogens (tertiary/aromatic N) is 3. The van der Waals surface area contributed by atoms with Crippen LogP contribution < -0.4 is 19.9 Å². The lowest BCUT2D eigenvalue weighted by Gasteiger charge is -2.20. The molecule has 2 rings (SSSR count). The second-order valence-corrected chi connectivity index (χ2v) is 5.31. The molecule has 0 unspecified atom stereocenters. The Labute approximate surface area is 146 Å². The van der Waals surface area contributed by atoms with Gasteiger partial charge in [0.25, 0.3) is 0 Å². The van der Waals surface area contributed by atoms with Crippen LogP contribution in [-0.2, 0) is 11.3 Å². The lowest BCUT2D eigenvalue weighted by molar-refractivity contribution is -0.114. The maximum atomic E-state index is 12.0. The third-order valence-corrected chi connectivity index (χ3v) is 3.79. The molecule has 25 heavy (non-hydrogen) atoms. The lowest BCUT2D eigenvalue weighted by Crippen LogP contribution is -2.27. The standard InChI is InChI=1S/C17H22N4O4/c1-10-12(22)9-21(16(10)20-17(18)19-2)8-11-6-13(23-3)15(25-5)14(7-11)24-4/h6-7H,1,8-9H2,2-5H3,(H2,18,19)/b20-16+.